The Balaban J connectivity index is 1.73. The highest BCUT2D eigenvalue weighted by atomic mass is 19.1. The monoisotopic (exact) mass is 418 g/mol. The maximum absolute atomic E-state index is 14.0. The molecule has 2 heterocycles. The Bertz CT molecular complexity index is 801. The Morgan fingerprint density at radius 3 is 2.53 bits per heavy atom. The van der Waals surface area contributed by atoms with Crippen molar-refractivity contribution >= 4 is 17.6 Å². The number of nitrogens with zero attached hydrogens (tertiary/aromatic N) is 3. The summed E-state index contributed by atoms with van der Waals surface area (Å²) in [5.41, 5.74) is -0.442. The second-order valence-electron chi connectivity index (χ2n) is 9.40. The van der Waals surface area contributed by atoms with E-state index in [-0.39, 0.29) is 17.8 Å². The summed E-state index contributed by atoms with van der Waals surface area (Å²) in [6.07, 6.45) is 7.07. The molecule has 1 aromatic carbocycles. The molecule has 30 heavy (non-hydrogen) atoms. The molecule has 3 aliphatic rings. The number of nitrogens with one attached hydrogen (secondary N) is 1. The van der Waals surface area contributed by atoms with Gasteiger partial charge in [-0.25, -0.2) is 13.6 Å². The van der Waals surface area contributed by atoms with Crippen molar-refractivity contribution < 1.29 is 13.6 Å². The number of piperidine rings is 1. The number of rotatable bonds is 5. The van der Waals surface area contributed by atoms with E-state index in [1.54, 1.807) is 4.90 Å². The van der Waals surface area contributed by atoms with Crippen molar-refractivity contribution in [2.75, 3.05) is 24.5 Å². The summed E-state index contributed by atoms with van der Waals surface area (Å²) in [6.45, 7) is 6.94. The lowest BCUT2D eigenvalue weighted by molar-refractivity contribution is 0.175. The summed E-state index contributed by atoms with van der Waals surface area (Å²) < 4.78 is 28.1. The second kappa shape index (κ2) is 8.61. The van der Waals surface area contributed by atoms with Crippen molar-refractivity contribution in [2.24, 2.45) is 10.9 Å². The van der Waals surface area contributed by atoms with Gasteiger partial charge in [-0.2, -0.15) is 0 Å². The number of halogens is 2. The van der Waals surface area contributed by atoms with Crippen LogP contribution in [0.1, 0.15) is 58.8 Å². The van der Waals surface area contributed by atoms with Gasteiger partial charge in [-0.15, -0.1) is 0 Å². The first-order chi connectivity index (χ1) is 14.4. The standard InChI is InChI=1S/C23H32F2N4O/c1-16(2)8-11-28-10-5-9-23(15-28)21(26-19-6-3-4-7-19)27-22(30)29(23)20-13-17(24)12-18(25)14-20/h12-14,16,19H,3-11,15H2,1-2H3,(H,26,27,30). The summed E-state index contributed by atoms with van der Waals surface area (Å²) >= 11 is 0. The van der Waals surface area contributed by atoms with E-state index in [2.05, 4.69) is 24.1 Å². The van der Waals surface area contributed by atoms with Crippen LogP contribution in [0.4, 0.5) is 19.3 Å². The minimum absolute atomic E-state index is 0.215. The quantitative estimate of drug-likeness (QED) is 0.752. The van der Waals surface area contributed by atoms with Crippen molar-refractivity contribution in [3.05, 3.63) is 29.8 Å². The number of amides is 2. The van der Waals surface area contributed by atoms with Gasteiger partial charge in [0.2, 0.25) is 0 Å². The number of hydrogen-bond acceptors (Lipinski definition) is 3. The molecule has 1 unspecified atom stereocenters. The molecular weight excluding hydrogens is 386 g/mol. The summed E-state index contributed by atoms with van der Waals surface area (Å²) in [7, 11) is 0. The van der Waals surface area contributed by atoms with E-state index in [1.807, 2.05) is 0 Å². The van der Waals surface area contributed by atoms with Gasteiger partial charge in [0.25, 0.3) is 0 Å². The fourth-order valence-electron chi connectivity index (χ4n) is 5.11. The molecule has 5 nitrogen and oxygen atoms in total. The molecule has 0 aromatic heterocycles. The SMILES string of the molecule is CC(C)CCN1CCCC2(C1)C(=NC1CCCC1)NC(=O)N2c1cc(F)cc(F)c1. The number of benzene rings is 1. The molecule has 1 N–H and O–H groups in total. The van der Waals surface area contributed by atoms with Gasteiger partial charge >= 0.3 is 6.03 Å². The van der Waals surface area contributed by atoms with Gasteiger partial charge in [0, 0.05) is 12.6 Å². The van der Waals surface area contributed by atoms with E-state index in [0.29, 0.717) is 18.3 Å². The van der Waals surface area contributed by atoms with Crippen molar-refractivity contribution in [1.82, 2.24) is 10.2 Å². The molecule has 1 aliphatic carbocycles. The molecule has 1 saturated carbocycles. The van der Waals surface area contributed by atoms with Crippen LogP contribution in [0.5, 0.6) is 0 Å². The van der Waals surface area contributed by atoms with Crippen molar-refractivity contribution in [3.8, 4) is 0 Å². The zero-order valence-corrected chi connectivity index (χ0v) is 18.0. The average molecular weight is 419 g/mol. The molecule has 3 fully saturated rings. The van der Waals surface area contributed by atoms with E-state index in [9.17, 15) is 13.6 Å². The van der Waals surface area contributed by atoms with Crippen LogP contribution in [0.2, 0.25) is 0 Å². The molecular formula is C23H32F2N4O. The molecule has 1 aromatic rings. The smallest absolute Gasteiger partial charge is 0.301 e. The molecule has 0 bridgehead atoms. The number of carbonyl (C=O) groups is 1. The van der Waals surface area contributed by atoms with Gasteiger partial charge in [0.15, 0.2) is 0 Å². The third-order valence-electron chi connectivity index (χ3n) is 6.61. The molecule has 1 spiro atoms. The first-order valence-electron chi connectivity index (χ1n) is 11.3. The fourth-order valence-corrected chi connectivity index (χ4v) is 5.11. The van der Waals surface area contributed by atoms with Crippen molar-refractivity contribution in [3.63, 3.8) is 0 Å². The van der Waals surface area contributed by atoms with E-state index in [1.165, 1.54) is 12.1 Å². The Hall–Kier alpha value is -2.02. The van der Waals surface area contributed by atoms with Gasteiger partial charge in [-0.1, -0.05) is 26.7 Å². The van der Waals surface area contributed by atoms with Gasteiger partial charge < -0.3 is 4.90 Å². The third kappa shape index (κ3) is 4.22. The van der Waals surface area contributed by atoms with Crippen LogP contribution >= 0.6 is 0 Å². The lowest BCUT2D eigenvalue weighted by Crippen LogP contribution is -2.60. The van der Waals surface area contributed by atoms with E-state index >= 15 is 0 Å². The Morgan fingerprint density at radius 2 is 1.87 bits per heavy atom. The highest BCUT2D eigenvalue weighted by molar-refractivity contribution is 6.19. The number of hydrogen-bond donors (Lipinski definition) is 1. The van der Waals surface area contributed by atoms with Crippen LogP contribution in [0.3, 0.4) is 0 Å². The molecule has 2 aliphatic heterocycles. The first kappa shape index (κ1) is 21.2. The maximum atomic E-state index is 14.0. The average Bonchev–Trinajstić information content (AvgIpc) is 3.26. The van der Waals surface area contributed by atoms with Crippen LogP contribution in [-0.2, 0) is 0 Å². The van der Waals surface area contributed by atoms with Crippen LogP contribution in [0, 0.1) is 17.6 Å². The number of aliphatic imine (C=N–C) groups is 1. The minimum Gasteiger partial charge on any atom is -0.301 e. The van der Waals surface area contributed by atoms with Crippen LogP contribution in [0.25, 0.3) is 0 Å². The normalized spacial score (nSPS) is 27.0. The first-order valence-corrected chi connectivity index (χ1v) is 11.3. The molecule has 2 amide bonds. The molecule has 4 rings (SSSR count). The maximum Gasteiger partial charge on any atom is 0.328 e. The third-order valence-corrected chi connectivity index (χ3v) is 6.61. The largest absolute Gasteiger partial charge is 0.328 e. The number of carbonyl (C=O) groups excluding carboxylic acids is 1. The van der Waals surface area contributed by atoms with Crippen LogP contribution in [-0.4, -0.2) is 48.0 Å². The van der Waals surface area contributed by atoms with Crippen LogP contribution < -0.4 is 10.2 Å². The molecule has 1 atom stereocenters. The lowest BCUT2D eigenvalue weighted by atomic mass is 9.86. The summed E-state index contributed by atoms with van der Waals surface area (Å²) in [5, 5.41) is 2.98. The highest BCUT2D eigenvalue weighted by Crippen LogP contribution is 2.38. The van der Waals surface area contributed by atoms with Crippen molar-refractivity contribution in [2.45, 2.75) is 70.4 Å². The molecule has 2 saturated heterocycles. The van der Waals surface area contributed by atoms with Gasteiger partial charge in [0.1, 0.15) is 23.0 Å². The minimum atomic E-state index is -0.699. The molecule has 0 radical (unpaired) electrons. The predicted octanol–water partition coefficient (Wildman–Crippen LogP) is 4.72. The highest BCUT2D eigenvalue weighted by Gasteiger charge is 2.54. The zero-order chi connectivity index (χ0) is 21.3. The van der Waals surface area contributed by atoms with E-state index in [0.717, 1.165) is 64.1 Å². The van der Waals surface area contributed by atoms with Crippen LogP contribution in [0.15, 0.2) is 23.2 Å². The van der Waals surface area contributed by atoms with E-state index in [4.69, 9.17) is 4.99 Å². The lowest BCUT2D eigenvalue weighted by Gasteiger charge is -2.44. The zero-order valence-electron chi connectivity index (χ0n) is 18.0. The number of amidine groups is 1. The molecule has 164 valence electrons. The Morgan fingerprint density at radius 1 is 1.17 bits per heavy atom. The van der Waals surface area contributed by atoms with Crippen molar-refractivity contribution in [1.29, 1.82) is 0 Å². The Kier molecular flexibility index (Phi) is 6.09. The number of likely N-dealkylation sites (tertiary alicyclic amines) is 1. The Labute approximate surface area is 177 Å². The summed E-state index contributed by atoms with van der Waals surface area (Å²) in [6, 6.07) is 3.20. The fraction of sp³-hybridized carbons (Fsp3) is 0.652. The number of urea groups is 1. The van der Waals surface area contributed by atoms with Gasteiger partial charge in [-0.05, 0) is 63.2 Å². The second-order valence-corrected chi connectivity index (χ2v) is 9.40. The summed E-state index contributed by atoms with van der Waals surface area (Å²) in [5.74, 6) is -0.0900. The van der Waals surface area contributed by atoms with Gasteiger partial charge in [0.05, 0.1) is 11.7 Å². The summed E-state index contributed by atoms with van der Waals surface area (Å²) in [4.78, 5) is 22.0. The molecule has 7 heteroatoms. The predicted molar refractivity (Wildman–Crippen MR) is 115 cm³/mol. The van der Waals surface area contributed by atoms with E-state index < -0.39 is 17.2 Å². The van der Waals surface area contributed by atoms with Gasteiger partial charge in [-0.3, -0.25) is 15.2 Å². The number of anilines is 1. The topological polar surface area (TPSA) is 47.9 Å².